The van der Waals surface area contributed by atoms with Gasteiger partial charge in [0, 0.05) is 4.47 Å². The van der Waals surface area contributed by atoms with Crippen LogP contribution >= 0.6 is 15.9 Å². The first-order valence-corrected chi connectivity index (χ1v) is 8.82. The Morgan fingerprint density at radius 3 is 2.62 bits per heavy atom. The molecule has 0 aliphatic heterocycles. The molecule has 1 saturated carbocycles. The lowest BCUT2D eigenvalue weighted by molar-refractivity contribution is 0.0463. The van der Waals surface area contributed by atoms with Crippen LogP contribution in [0.2, 0.25) is 0 Å². The van der Waals surface area contributed by atoms with Gasteiger partial charge in [0.05, 0.1) is 12.2 Å². The number of ether oxygens (including phenoxy) is 1. The molecule has 0 aromatic heterocycles. The molecule has 1 aliphatic carbocycles. The molecule has 0 atom stereocenters. The molecule has 0 amide bonds. The van der Waals surface area contributed by atoms with Crippen molar-refractivity contribution < 1.29 is 22.3 Å². The van der Waals surface area contributed by atoms with Gasteiger partial charge in [-0.15, -0.1) is 0 Å². The highest BCUT2D eigenvalue weighted by Gasteiger charge is 2.22. The molecule has 1 fully saturated rings. The third-order valence-corrected chi connectivity index (χ3v) is 5.11. The minimum absolute atomic E-state index is 0.0611. The van der Waals surface area contributed by atoms with E-state index in [9.17, 15) is 17.6 Å². The van der Waals surface area contributed by atoms with Gasteiger partial charge in [0.1, 0.15) is 10.7 Å². The number of nitrogens with two attached hydrogens (primary N) is 1. The monoisotopic (exact) mass is 379 g/mol. The molecule has 1 aliphatic rings. The van der Waals surface area contributed by atoms with Crippen molar-refractivity contribution in [3.05, 3.63) is 28.0 Å². The van der Waals surface area contributed by atoms with E-state index in [1.165, 1.54) is 6.42 Å². The SMILES string of the molecule is NS(=O)(=O)c1cc(C(=O)OCCC2CCC2)c(Br)cc1F. The molecule has 2 rings (SSSR count). The van der Waals surface area contributed by atoms with Gasteiger partial charge >= 0.3 is 5.97 Å². The van der Waals surface area contributed by atoms with Crippen molar-refractivity contribution in [1.29, 1.82) is 0 Å². The fourth-order valence-electron chi connectivity index (χ4n) is 2.08. The fraction of sp³-hybridized carbons (Fsp3) is 0.462. The van der Waals surface area contributed by atoms with E-state index >= 15 is 0 Å². The number of hydrogen-bond donors (Lipinski definition) is 1. The van der Waals surface area contributed by atoms with Gasteiger partial charge in [-0.1, -0.05) is 19.3 Å². The van der Waals surface area contributed by atoms with E-state index in [1.54, 1.807) is 0 Å². The van der Waals surface area contributed by atoms with Gasteiger partial charge in [0.2, 0.25) is 10.0 Å². The predicted octanol–water partition coefficient (Wildman–Crippen LogP) is 2.58. The third kappa shape index (κ3) is 4.02. The van der Waals surface area contributed by atoms with E-state index in [2.05, 4.69) is 15.9 Å². The molecule has 116 valence electrons. The van der Waals surface area contributed by atoms with Gasteiger partial charge in [-0.2, -0.15) is 0 Å². The van der Waals surface area contributed by atoms with E-state index < -0.39 is 26.7 Å². The highest BCUT2D eigenvalue weighted by molar-refractivity contribution is 9.10. The molecule has 0 radical (unpaired) electrons. The van der Waals surface area contributed by atoms with Crippen LogP contribution in [-0.4, -0.2) is 21.0 Å². The summed E-state index contributed by atoms with van der Waals surface area (Å²) >= 11 is 3.02. The smallest absolute Gasteiger partial charge is 0.339 e. The molecular formula is C13H15BrFNO4S. The summed E-state index contributed by atoms with van der Waals surface area (Å²) in [6.07, 6.45) is 4.28. The molecule has 0 unspecified atom stereocenters. The van der Waals surface area contributed by atoms with Crippen LogP contribution in [0.15, 0.2) is 21.5 Å². The first kappa shape index (κ1) is 16.4. The summed E-state index contributed by atoms with van der Waals surface area (Å²) in [6, 6.07) is 1.78. The van der Waals surface area contributed by atoms with Crippen molar-refractivity contribution in [2.45, 2.75) is 30.6 Å². The largest absolute Gasteiger partial charge is 0.462 e. The first-order chi connectivity index (χ1) is 9.79. The summed E-state index contributed by atoms with van der Waals surface area (Å²) < 4.78 is 41.3. The molecule has 0 spiro atoms. The third-order valence-electron chi connectivity index (χ3n) is 3.53. The molecule has 1 aromatic rings. The Kier molecular flexibility index (Phi) is 5.00. The summed E-state index contributed by atoms with van der Waals surface area (Å²) in [5.41, 5.74) is -0.0611. The van der Waals surface area contributed by atoms with E-state index in [4.69, 9.17) is 9.88 Å². The van der Waals surface area contributed by atoms with Crippen LogP contribution in [0.25, 0.3) is 0 Å². The van der Waals surface area contributed by atoms with Gasteiger partial charge < -0.3 is 4.74 Å². The van der Waals surface area contributed by atoms with Crippen LogP contribution in [0.5, 0.6) is 0 Å². The zero-order valence-electron chi connectivity index (χ0n) is 11.1. The van der Waals surface area contributed by atoms with Crippen LogP contribution in [0.1, 0.15) is 36.0 Å². The lowest BCUT2D eigenvalue weighted by atomic mass is 9.83. The minimum Gasteiger partial charge on any atom is -0.462 e. The molecular weight excluding hydrogens is 365 g/mol. The number of halogens is 2. The van der Waals surface area contributed by atoms with Gasteiger partial charge in [-0.05, 0) is 40.4 Å². The molecule has 0 bridgehead atoms. The van der Waals surface area contributed by atoms with Crippen molar-refractivity contribution in [3.8, 4) is 0 Å². The Balaban J connectivity index is 2.12. The number of carbonyl (C=O) groups excluding carboxylic acids is 1. The number of esters is 1. The summed E-state index contributed by atoms with van der Waals surface area (Å²) in [6.45, 7) is 0.262. The van der Waals surface area contributed by atoms with Crippen molar-refractivity contribution in [2.75, 3.05) is 6.61 Å². The Labute approximate surface area is 130 Å². The highest BCUT2D eigenvalue weighted by Crippen LogP contribution is 2.29. The Hall–Kier alpha value is -0.990. The maximum Gasteiger partial charge on any atom is 0.339 e. The second-order valence-electron chi connectivity index (χ2n) is 5.03. The number of carbonyl (C=O) groups is 1. The van der Waals surface area contributed by atoms with Gasteiger partial charge in [-0.3, -0.25) is 0 Å². The van der Waals surface area contributed by atoms with Crippen molar-refractivity contribution in [1.82, 2.24) is 0 Å². The number of sulfonamides is 1. The van der Waals surface area contributed by atoms with Crippen molar-refractivity contribution in [2.24, 2.45) is 11.1 Å². The molecule has 21 heavy (non-hydrogen) atoms. The maximum absolute atomic E-state index is 13.6. The van der Waals surface area contributed by atoms with Crippen LogP contribution in [0.3, 0.4) is 0 Å². The van der Waals surface area contributed by atoms with Crippen LogP contribution < -0.4 is 5.14 Å². The molecule has 1 aromatic carbocycles. The molecule has 8 heteroatoms. The lowest BCUT2D eigenvalue weighted by Crippen LogP contribution is -2.18. The van der Waals surface area contributed by atoms with Gasteiger partial charge in [0.25, 0.3) is 0 Å². The zero-order chi connectivity index (χ0) is 15.6. The second kappa shape index (κ2) is 6.41. The zero-order valence-corrected chi connectivity index (χ0v) is 13.5. The molecule has 0 saturated heterocycles. The number of benzene rings is 1. The molecule has 5 nitrogen and oxygen atoms in total. The standard InChI is InChI=1S/C13H15BrFNO4S/c14-10-7-11(15)12(21(16,18)19)6-9(10)13(17)20-5-4-8-2-1-3-8/h6-8H,1-5H2,(H2,16,18,19). The summed E-state index contributed by atoms with van der Waals surface area (Å²) in [5, 5.41) is 4.91. The van der Waals surface area contributed by atoms with Crippen molar-refractivity contribution >= 4 is 31.9 Å². The average Bonchev–Trinajstić information content (AvgIpc) is 2.30. The summed E-state index contributed by atoms with van der Waals surface area (Å²) in [4.78, 5) is 11.2. The van der Waals surface area contributed by atoms with E-state index in [1.807, 2.05) is 0 Å². The Morgan fingerprint density at radius 2 is 2.10 bits per heavy atom. The van der Waals surface area contributed by atoms with E-state index in [-0.39, 0.29) is 16.6 Å². The van der Waals surface area contributed by atoms with Crippen LogP contribution in [-0.2, 0) is 14.8 Å². The Morgan fingerprint density at radius 1 is 1.43 bits per heavy atom. The average molecular weight is 380 g/mol. The normalized spacial score (nSPS) is 15.6. The second-order valence-corrected chi connectivity index (χ2v) is 7.41. The fourth-order valence-corrected chi connectivity index (χ4v) is 3.17. The quantitative estimate of drug-likeness (QED) is 0.796. The highest BCUT2D eigenvalue weighted by atomic mass is 79.9. The van der Waals surface area contributed by atoms with E-state index in [0.29, 0.717) is 5.92 Å². The first-order valence-electron chi connectivity index (χ1n) is 6.48. The number of hydrogen-bond acceptors (Lipinski definition) is 4. The van der Waals surface area contributed by atoms with Crippen LogP contribution in [0.4, 0.5) is 4.39 Å². The minimum atomic E-state index is -4.24. The molecule has 2 N–H and O–H groups in total. The summed E-state index contributed by atoms with van der Waals surface area (Å²) in [7, 11) is -4.24. The van der Waals surface area contributed by atoms with Gasteiger partial charge in [-0.25, -0.2) is 22.7 Å². The Bertz CT molecular complexity index is 658. The van der Waals surface area contributed by atoms with Gasteiger partial charge in [0.15, 0.2) is 0 Å². The number of primary sulfonamides is 1. The van der Waals surface area contributed by atoms with E-state index in [0.717, 1.165) is 31.4 Å². The lowest BCUT2D eigenvalue weighted by Gasteiger charge is -2.24. The topological polar surface area (TPSA) is 86.5 Å². The maximum atomic E-state index is 13.6. The summed E-state index contributed by atoms with van der Waals surface area (Å²) in [5.74, 6) is -1.13. The molecule has 0 heterocycles. The predicted molar refractivity (Wildman–Crippen MR) is 77.7 cm³/mol. The number of rotatable bonds is 5. The van der Waals surface area contributed by atoms with Crippen LogP contribution in [0, 0.1) is 11.7 Å². The van der Waals surface area contributed by atoms with Crippen molar-refractivity contribution in [3.63, 3.8) is 0 Å².